The van der Waals surface area contributed by atoms with E-state index in [-0.39, 0.29) is 30.1 Å². The fourth-order valence-electron chi connectivity index (χ4n) is 7.35. The van der Waals surface area contributed by atoms with Gasteiger partial charge in [0.15, 0.2) is 6.29 Å². The van der Waals surface area contributed by atoms with Crippen LogP contribution in [0.25, 0.3) is 0 Å². The highest BCUT2D eigenvalue weighted by Gasteiger charge is 2.50. The largest absolute Gasteiger partial charge is 0.343 e. The zero-order chi connectivity index (χ0) is 26.1. The third kappa shape index (κ3) is 5.14. The Bertz CT molecular complexity index is 1050. The maximum Gasteiger partial charge on any atom is 0.231 e. The number of amides is 2. The molecule has 1 saturated carbocycles. The van der Waals surface area contributed by atoms with E-state index >= 15 is 0 Å². The third-order valence-electron chi connectivity index (χ3n) is 9.44. The van der Waals surface area contributed by atoms with E-state index in [1.54, 1.807) is 0 Å². The van der Waals surface area contributed by atoms with Crippen molar-refractivity contribution in [3.63, 3.8) is 0 Å². The molecule has 1 aromatic rings. The minimum atomic E-state index is -0.316. The molecule has 1 aromatic carbocycles. The van der Waals surface area contributed by atoms with E-state index in [0.717, 1.165) is 63.0 Å². The van der Waals surface area contributed by atoms with Crippen molar-refractivity contribution in [3.05, 3.63) is 34.9 Å². The summed E-state index contributed by atoms with van der Waals surface area (Å²) in [5.74, 6) is 1.30. The van der Waals surface area contributed by atoms with Crippen LogP contribution in [0.5, 0.6) is 0 Å². The smallest absolute Gasteiger partial charge is 0.231 e. The Morgan fingerprint density at radius 1 is 0.974 bits per heavy atom. The second-order valence-corrected chi connectivity index (χ2v) is 12.1. The Balaban J connectivity index is 1.09. The number of rotatable bonds is 6. The number of hydrogen-bond acceptors (Lipinski definition) is 6. The second-order valence-electron chi connectivity index (χ2n) is 11.7. The van der Waals surface area contributed by atoms with Crippen molar-refractivity contribution in [2.75, 3.05) is 26.2 Å². The highest BCUT2D eigenvalue weighted by Crippen LogP contribution is 2.39. The average molecular weight is 541 g/mol. The van der Waals surface area contributed by atoms with Gasteiger partial charge in [-0.15, -0.1) is 0 Å². The van der Waals surface area contributed by atoms with Crippen molar-refractivity contribution in [1.29, 1.82) is 0 Å². The van der Waals surface area contributed by atoms with Crippen LogP contribution in [0, 0.1) is 5.92 Å². The zero-order valence-electron chi connectivity index (χ0n) is 22.4. The molecule has 4 aliphatic heterocycles. The minimum absolute atomic E-state index is 0.0305. The number of carbonyl (C=O) groups is 2. The lowest BCUT2D eigenvalue weighted by Gasteiger charge is -2.50. The first-order valence-corrected chi connectivity index (χ1v) is 15.1. The number of hydrogen-bond donors (Lipinski definition) is 1. The topological polar surface area (TPSA) is 71.5 Å². The average Bonchev–Trinajstić information content (AvgIpc) is 3.39. The van der Waals surface area contributed by atoms with E-state index in [0.29, 0.717) is 30.5 Å². The molecule has 0 spiro atoms. The molecule has 3 saturated heterocycles. The van der Waals surface area contributed by atoms with Crippen LogP contribution < -0.4 is 5.43 Å². The highest BCUT2D eigenvalue weighted by molar-refractivity contribution is 6.31. The maximum atomic E-state index is 13.6. The summed E-state index contributed by atoms with van der Waals surface area (Å²) in [6, 6.07) is 8.51. The number of piperidine rings is 2. The van der Waals surface area contributed by atoms with Crippen molar-refractivity contribution in [3.8, 4) is 0 Å². The molecular weight excluding hydrogens is 500 g/mol. The van der Waals surface area contributed by atoms with Gasteiger partial charge in [-0.1, -0.05) is 49.1 Å². The molecule has 38 heavy (non-hydrogen) atoms. The number of amidine groups is 1. The van der Waals surface area contributed by atoms with Crippen LogP contribution in [0.15, 0.2) is 29.4 Å². The van der Waals surface area contributed by atoms with Gasteiger partial charge < -0.3 is 14.7 Å². The van der Waals surface area contributed by atoms with Gasteiger partial charge >= 0.3 is 0 Å². The molecule has 2 amide bonds. The fraction of sp³-hybridized carbons (Fsp3) is 0.690. The van der Waals surface area contributed by atoms with Crippen LogP contribution in [0.1, 0.15) is 76.2 Å². The van der Waals surface area contributed by atoms with Crippen molar-refractivity contribution in [2.24, 2.45) is 11.0 Å². The molecule has 1 aliphatic carbocycles. The number of hydrazone groups is 1. The van der Waals surface area contributed by atoms with Crippen molar-refractivity contribution >= 4 is 29.3 Å². The van der Waals surface area contributed by atoms with Crippen LogP contribution in [0.3, 0.4) is 0 Å². The van der Waals surface area contributed by atoms with Crippen LogP contribution in [-0.2, 0) is 16.1 Å². The normalized spacial score (nSPS) is 28.6. The second kappa shape index (κ2) is 11.4. The molecule has 6 rings (SSSR count). The summed E-state index contributed by atoms with van der Waals surface area (Å²) in [5, 5.41) is 5.37. The van der Waals surface area contributed by atoms with Crippen molar-refractivity contribution < 1.29 is 9.59 Å². The number of benzene rings is 1. The number of likely N-dealkylation sites (tertiary alicyclic amines) is 2. The molecule has 0 bridgehead atoms. The molecule has 3 atom stereocenters. The van der Waals surface area contributed by atoms with Crippen LogP contribution >= 0.6 is 11.6 Å². The van der Waals surface area contributed by atoms with Gasteiger partial charge in [-0.2, -0.15) is 5.10 Å². The Morgan fingerprint density at radius 2 is 1.74 bits per heavy atom. The minimum Gasteiger partial charge on any atom is -0.343 e. The standard InChI is InChI=1S/C29H41ClN6O2/c30-24-10-4-2-8-21(24)20-35-28(38)23-9-3-5-11-25(23)36-26(31-32-29(35)36)12-13-27(37)34-18-14-22(15-19-34)33-16-6-1-7-17-33/h2,4,8,10,22-23,25,29,32H,1,3,5-7,9,11-20H2. The number of nitrogens with one attached hydrogen (secondary N) is 1. The molecule has 8 nitrogen and oxygen atoms in total. The lowest BCUT2D eigenvalue weighted by Crippen LogP contribution is -2.67. The monoisotopic (exact) mass is 540 g/mol. The molecule has 4 heterocycles. The molecule has 9 heteroatoms. The molecule has 206 valence electrons. The Labute approximate surface area is 231 Å². The number of carbonyl (C=O) groups excluding carboxylic acids is 2. The SMILES string of the molecule is O=C(CCC1=NNC2N(Cc3ccccc3Cl)C(=O)C3CCCCC3N12)N1CCC(N2CCCCC2)CC1. The fourth-order valence-corrected chi connectivity index (χ4v) is 7.55. The molecular formula is C29H41ClN6O2. The van der Waals surface area contributed by atoms with Gasteiger partial charge in [-0.3, -0.25) is 19.9 Å². The molecule has 4 fully saturated rings. The van der Waals surface area contributed by atoms with E-state index in [9.17, 15) is 9.59 Å². The number of fused-ring (bicyclic) bond motifs is 3. The van der Waals surface area contributed by atoms with E-state index in [2.05, 4.69) is 20.1 Å². The summed E-state index contributed by atoms with van der Waals surface area (Å²) in [5.41, 5.74) is 4.19. The van der Waals surface area contributed by atoms with E-state index in [4.69, 9.17) is 16.7 Å². The lowest BCUT2D eigenvalue weighted by molar-refractivity contribution is -0.156. The lowest BCUT2D eigenvalue weighted by atomic mass is 9.80. The third-order valence-corrected chi connectivity index (χ3v) is 9.81. The van der Waals surface area contributed by atoms with Gasteiger partial charge in [-0.25, -0.2) is 0 Å². The Morgan fingerprint density at radius 3 is 2.53 bits per heavy atom. The number of nitrogens with zero attached hydrogens (tertiary/aromatic N) is 5. The van der Waals surface area contributed by atoms with Crippen molar-refractivity contribution in [2.45, 2.75) is 95.5 Å². The highest BCUT2D eigenvalue weighted by atomic mass is 35.5. The van der Waals surface area contributed by atoms with E-state index in [1.807, 2.05) is 29.2 Å². The Kier molecular flexibility index (Phi) is 7.80. The van der Waals surface area contributed by atoms with Gasteiger partial charge in [-0.05, 0) is 63.2 Å². The summed E-state index contributed by atoms with van der Waals surface area (Å²) in [6.45, 7) is 4.62. The van der Waals surface area contributed by atoms with Crippen molar-refractivity contribution in [1.82, 2.24) is 25.0 Å². The van der Waals surface area contributed by atoms with Crippen LogP contribution in [0.4, 0.5) is 0 Å². The summed E-state index contributed by atoms with van der Waals surface area (Å²) >= 11 is 6.47. The predicted molar refractivity (Wildman–Crippen MR) is 148 cm³/mol. The van der Waals surface area contributed by atoms with Crippen LogP contribution in [0.2, 0.25) is 5.02 Å². The van der Waals surface area contributed by atoms with E-state index < -0.39 is 0 Å². The summed E-state index contributed by atoms with van der Waals surface area (Å²) < 4.78 is 0. The summed E-state index contributed by atoms with van der Waals surface area (Å²) in [7, 11) is 0. The van der Waals surface area contributed by atoms with Gasteiger partial charge in [0, 0.05) is 43.0 Å². The first kappa shape index (κ1) is 25.9. The first-order chi connectivity index (χ1) is 18.6. The summed E-state index contributed by atoms with van der Waals surface area (Å²) in [6.07, 6.45) is 11.0. The van der Waals surface area contributed by atoms with Gasteiger partial charge in [0.1, 0.15) is 5.84 Å². The zero-order valence-corrected chi connectivity index (χ0v) is 23.1. The number of halogens is 1. The first-order valence-electron chi connectivity index (χ1n) is 14.8. The van der Waals surface area contributed by atoms with Gasteiger partial charge in [0.25, 0.3) is 0 Å². The summed E-state index contributed by atoms with van der Waals surface area (Å²) in [4.78, 5) is 35.8. The molecule has 0 aromatic heterocycles. The molecule has 0 radical (unpaired) electrons. The van der Waals surface area contributed by atoms with Gasteiger partial charge in [0.05, 0.1) is 12.5 Å². The van der Waals surface area contributed by atoms with Crippen LogP contribution in [-0.4, -0.2) is 81.8 Å². The maximum absolute atomic E-state index is 13.6. The van der Waals surface area contributed by atoms with Gasteiger partial charge in [0.2, 0.25) is 11.8 Å². The molecule has 3 unspecified atom stereocenters. The predicted octanol–water partition coefficient (Wildman–Crippen LogP) is 4.00. The van der Waals surface area contributed by atoms with E-state index in [1.165, 1.54) is 32.4 Å². The Hall–Kier alpha value is -2.32. The quantitative estimate of drug-likeness (QED) is 0.590. The molecule has 1 N–H and O–H groups in total. The molecule has 5 aliphatic rings.